The van der Waals surface area contributed by atoms with E-state index in [-0.39, 0.29) is 11.0 Å². The van der Waals surface area contributed by atoms with Crippen LogP contribution in [0.2, 0.25) is 10.0 Å². The lowest BCUT2D eigenvalue weighted by atomic mass is 9.82. The summed E-state index contributed by atoms with van der Waals surface area (Å²) in [6, 6.07) is 5.69. The van der Waals surface area contributed by atoms with Crippen molar-refractivity contribution in [2.75, 3.05) is 6.54 Å². The van der Waals surface area contributed by atoms with Gasteiger partial charge in [0.1, 0.15) is 0 Å². The van der Waals surface area contributed by atoms with Gasteiger partial charge in [-0.1, -0.05) is 37.0 Å². The molecule has 1 rings (SSSR count). The first-order chi connectivity index (χ1) is 8.59. The van der Waals surface area contributed by atoms with E-state index in [2.05, 4.69) is 39.9 Å². The summed E-state index contributed by atoms with van der Waals surface area (Å²) in [6.07, 6.45) is 2.05. The number of hydrogen-bond acceptors (Lipinski definition) is 1. The normalized spacial score (nSPS) is 12.8. The van der Waals surface area contributed by atoms with Crippen LogP contribution in [0.3, 0.4) is 0 Å². The van der Waals surface area contributed by atoms with E-state index in [1.165, 1.54) is 0 Å². The molecule has 0 radical (unpaired) electrons. The number of benzene rings is 1. The molecule has 0 aromatic heterocycles. The first kappa shape index (κ1) is 16.8. The van der Waals surface area contributed by atoms with Gasteiger partial charge in [-0.3, -0.25) is 0 Å². The monoisotopic (exact) mass is 301 g/mol. The Morgan fingerprint density at radius 2 is 1.68 bits per heavy atom. The van der Waals surface area contributed by atoms with Crippen LogP contribution in [-0.4, -0.2) is 12.1 Å². The Labute approximate surface area is 127 Å². The first-order valence-corrected chi connectivity index (χ1v) is 7.54. The maximum atomic E-state index is 6.23. The van der Waals surface area contributed by atoms with Crippen LogP contribution in [-0.2, 0) is 6.42 Å². The number of rotatable bonds is 5. The minimum atomic E-state index is 0.170. The lowest BCUT2D eigenvalue weighted by Crippen LogP contribution is -2.38. The Morgan fingerprint density at radius 1 is 1.05 bits per heavy atom. The standard InChI is InChI=1S/C16H25Cl2N/c1-15(2,3)19-9-8-16(4,5)11-12-10-13(17)6-7-14(12)18/h6-7,10,19H,8-9,11H2,1-5H3. The highest BCUT2D eigenvalue weighted by molar-refractivity contribution is 6.33. The van der Waals surface area contributed by atoms with Gasteiger partial charge in [-0.25, -0.2) is 0 Å². The quantitative estimate of drug-likeness (QED) is 0.774. The van der Waals surface area contributed by atoms with Crippen LogP contribution < -0.4 is 5.32 Å². The highest BCUT2D eigenvalue weighted by Crippen LogP contribution is 2.30. The SMILES string of the molecule is CC(C)(CCNC(C)(C)C)Cc1cc(Cl)ccc1Cl. The lowest BCUT2D eigenvalue weighted by Gasteiger charge is -2.28. The van der Waals surface area contributed by atoms with Crippen LogP contribution in [0.25, 0.3) is 0 Å². The highest BCUT2D eigenvalue weighted by atomic mass is 35.5. The lowest BCUT2D eigenvalue weighted by molar-refractivity contribution is 0.302. The predicted octanol–water partition coefficient (Wildman–Crippen LogP) is 5.34. The molecule has 0 saturated heterocycles. The number of hydrogen-bond donors (Lipinski definition) is 1. The summed E-state index contributed by atoms with van der Waals surface area (Å²) < 4.78 is 0. The van der Waals surface area contributed by atoms with Crippen LogP contribution in [0.5, 0.6) is 0 Å². The van der Waals surface area contributed by atoms with Crippen molar-refractivity contribution >= 4 is 23.2 Å². The van der Waals surface area contributed by atoms with Gasteiger partial charge in [0.05, 0.1) is 0 Å². The molecule has 0 aliphatic rings. The molecule has 1 N–H and O–H groups in total. The largest absolute Gasteiger partial charge is 0.312 e. The zero-order chi connectivity index (χ0) is 14.7. The van der Waals surface area contributed by atoms with Gasteiger partial charge >= 0.3 is 0 Å². The summed E-state index contributed by atoms with van der Waals surface area (Å²) in [5.74, 6) is 0. The number of nitrogens with one attached hydrogen (secondary N) is 1. The van der Waals surface area contributed by atoms with Crippen molar-refractivity contribution in [3.05, 3.63) is 33.8 Å². The highest BCUT2D eigenvalue weighted by Gasteiger charge is 2.21. The second-order valence-corrected chi connectivity index (χ2v) is 7.85. The van der Waals surface area contributed by atoms with E-state index in [9.17, 15) is 0 Å². The molecular weight excluding hydrogens is 277 g/mol. The van der Waals surface area contributed by atoms with Gasteiger partial charge in [-0.2, -0.15) is 0 Å². The van der Waals surface area contributed by atoms with Crippen LogP contribution in [0.4, 0.5) is 0 Å². The summed E-state index contributed by atoms with van der Waals surface area (Å²) in [7, 11) is 0. The molecular formula is C16H25Cl2N. The van der Waals surface area contributed by atoms with Gasteiger partial charge in [0.15, 0.2) is 0 Å². The molecule has 1 aromatic carbocycles. The molecule has 0 aliphatic heterocycles. The van der Waals surface area contributed by atoms with Crippen molar-refractivity contribution < 1.29 is 0 Å². The van der Waals surface area contributed by atoms with Gasteiger partial charge in [0.25, 0.3) is 0 Å². The molecule has 0 amide bonds. The fraction of sp³-hybridized carbons (Fsp3) is 0.625. The van der Waals surface area contributed by atoms with Gasteiger partial charge < -0.3 is 5.32 Å². The molecule has 0 bridgehead atoms. The van der Waals surface area contributed by atoms with Crippen LogP contribution >= 0.6 is 23.2 Å². The second-order valence-electron chi connectivity index (χ2n) is 7.00. The zero-order valence-electron chi connectivity index (χ0n) is 12.6. The molecule has 1 nitrogen and oxygen atoms in total. The minimum absolute atomic E-state index is 0.170. The summed E-state index contributed by atoms with van der Waals surface area (Å²) >= 11 is 12.3. The smallest absolute Gasteiger partial charge is 0.0439 e. The van der Waals surface area contributed by atoms with Crippen molar-refractivity contribution in [3.8, 4) is 0 Å². The van der Waals surface area contributed by atoms with E-state index in [0.29, 0.717) is 0 Å². The molecule has 1 aromatic rings. The van der Waals surface area contributed by atoms with Crippen molar-refractivity contribution in [1.82, 2.24) is 5.32 Å². The summed E-state index contributed by atoms with van der Waals surface area (Å²) in [6.45, 7) is 12.1. The number of halogens is 2. The topological polar surface area (TPSA) is 12.0 Å². The van der Waals surface area contributed by atoms with Crippen LogP contribution in [0, 0.1) is 5.41 Å². The van der Waals surface area contributed by atoms with Gasteiger partial charge in [-0.15, -0.1) is 0 Å². The van der Waals surface area contributed by atoms with Crippen molar-refractivity contribution in [2.24, 2.45) is 5.41 Å². The summed E-state index contributed by atoms with van der Waals surface area (Å²) in [4.78, 5) is 0. The molecule has 0 fully saturated rings. The maximum Gasteiger partial charge on any atom is 0.0439 e. The third kappa shape index (κ3) is 6.65. The van der Waals surface area contributed by atoms with Crippen LogP contribution in [0.15, 0.2) is 18.2 Å². The Kier molecular flexibility index (Phi) is 5.73. The van der Waals surface area contributed by atoms with E-state index in [0.717, 1.165) is 35.0 Å². The Balaban J connectivity index is 2.61. The van der Waals surface area contributed by atoms with E-state index >= 15 is 0 Å². The third-order valence-electron chi connectivity index (χ3n) is 3.13. The molecule has 3 heteroatoms. The second kappa shape index (κ2) is 6.47. The van der Waals surface area contributed by atoms with Crippen molar-refractivity contribution in [3.63, 3.8) is 0 Å². The zero-order valence-corrected chi connectivity index (χ0v) is 14.1. The molecule has 19 heavy (non-hydrogen) atoms. The molecule has 0 spiro atoms. The molecule has 0 saturated carbocycles. The third-order valence-corrected chi connectivity index (χ3v) is 3.74. The van der Waals surface area contributed by atoms with E-state index in [1.54, 1.807) is 0 Å². The van der Waals surface area contributed by atoms with Crippen molar-refractivity contribution in [2.45, 2.75) is 53.0 Å². The van der Waals surface area contributed by atoms with E-state index in [1.807, 2.05) is 18.2 Å². The molecule has 0 aliphatic carbocycles. The van der Waals surface area contributed by atoms with Gasteiger partial charge in [-0.05, 0) is 69.3 Å². The Morgan fingerprint density at radius 3 is 2.26 bits per heavy atom. The molecule has 0 heterocycles. The predicted molar refractivity (Wildman–Crippen MR) is 86.3 cm³/mol. The molecule has 0 atom stereocenters. The molecule has 108 valence electrons. The fourth-order valence-electron chi connectivity index (χ4n) is 2.06. The average Bonchev–Trinajstić information content (AvgIpc) is 2.20. The first-order valence-electron chi connectivity index (χ1n) is 6.78. The van der Waals surface area contributed by atoms with Crippen LogP contribution in [0.1, 0.15) is 46.6 Å². The Bertz CT molecular complexity index is 419. The minimum Gasteiger partial charge on any atom is -0.312 e. The van der Waals surface area contributed by atoms with Crippen molar-refractivity contribution in [1.29, 1.82) is 0 Å². The summed E-state index contributed by atoms with van der Waals surface area (Å²) in [5.41, 5.74) is 1.51. The van der Waals surface area contributed by atoms with E-state index in [4.69, 9.17) is 23.2 Å². The average molecular weight is 302 g/mol. The fourth-order valence-corrected chi connectivity index (χ4v) is 2.44. The Hall–Kier alpha value is -0.240. The van der Waals surface area contributed by atoms with E-state index < -0.39 is 0 Å². The summed E-state index contributed by atoms with van der Waals surface area (Å²) in [5, 5.41) is 5.09. The maximum absolute atomic E-state index is 6.23. The van der Waals surface area contributed by atoms with Gasteiger partial charge in [0, 0.05) is 15.6 Å². The van der Waals surface area contributed by atoms with Gasteiger partial charge in [0.2, 0.25) is 0 Å². The molecule has 0 unspecified atom stereocenters.